The number of hydrogen-bond acceptors (Lipinski definition) is 3. The molecule has 0 amide bonds. The first-order valence-corrected chi connectivity index (χ1v) is 3.49. The van der Waals surface area contributed by atoms with E-state index in [1.165, 1.54) is 0 Å². The average molecular weight is 144 g/mol. The van der Waals surface area contributed by atoms with Crippen molar-refractivity contribution < 1.29 is 5.11 Å². The van der Waals surface area contributed by atoms with Gasteiger partial charge in [-0.3, -0.25) is 0 Å². The molecule has 0 fully saturated rings. The quantitative estimate of drug-likeness (QED) is 0.464. The van der Waals surface area contributed by atoms with Crippen LogP contribution in [0.3, 0.4) is 0 Å². The first-order valence-electron chi connectivity index (χ1n) is 3.49. The fraction of sp³-hybridized carbons (Fsp3) is 0.714. The van der Waals surface area contributed by atoms with E-state index in [0.29, 0.717) is 12.6 Å². The van der Waals surface area contributed by atoms with Gasteiger partial charge >= 0.3 is 0 Å². The Kier molecular flexibility index (Phi) is 6.22. The van der Waals surface area contributed by atoms with Crippen LogP contribution in [0.4, 0.5) is 0 Å². The standard InChI is InChI=1S/C7H16N2O/c1-7(8-2)3-4-9-5-6-10/h3-4,7-10H,5-6H2,1-2H3/b4-3-. The molecule has 3 N–H and O–H groups in total. The first-order chi connectivity index (χ1) is 4.81. The summed E-state index contributed by atoms with van der Waals surface area (Å²) in [4.78, 5) is 0. The largest absolute Gasteiger partial charge is 0.395 e. The molecule has 0 saturated carbocycles. The molecule has 10 heavy (non-hydrogen) atoms. The van der Waals surface area contributed by atoms with Crippen LogP contribution in [0.15, 0.2) is 12.3 Å². The van der Waals surface area contributed by atoms with E-state index in [-0.39, 0.29) is 6.61 Å². The number of hydrogen-bond donors (Lipinski definition) is 3. The highest BCUT2D eigenvalue weighted by Crippen LogP contribution is 1.78. The van der Waals surface area contributed by atoms with Crippen LogP contribution < -0.4 is 10.6 Å². The van der Waals surface area contributed by atoms with E-state index >= 15 is 0 Å². The zero-order chi connectivity index (χ0) is 7.82. The fourth-order valence-corrected chi connectivity index (χ4v) is 0.456. The van der Waals surface area contributed by atoms with E-state index < -0.39 is 0 Å². The summed E-state index contributed by atoms with van der Waals surface area (Å²) in [6.07, 6.45) is 3.84. The fourth-order valence-electron chi connectivity index (χ4n) is 0.456. The third-order valence-corrected chi connectivity index (χ3v) is 1.21. The highest BCUT2D eigenvalue weighted by atomic mass is 16.3. The van der Waals surface area contributed by atoms with Crippen molar-refractivity contribution in [2.24, 2.45) is 0 Å². The van der Waals surface area contributed by atoms with Crippen LogP contribution in [0.5, 0.6) is 0 Å². The third kappa shape index (κ3) is 5.59. The van der Waals surface area contributed by atoms with Gasteiger partial charge in [0, 0.05) is 12.6 Å². The maximum Gasteiger partial charge on any atom is 0.0603 e. The molecule has 3 heteroatoms. The van der Waals surface area contributed by atoms with Gasteiger partial charge in [0.2, 0.25) is 0 Å². The molecule has 1 atom stereocenters. The molecule has 3 nitrogen and oxygen atoms in total. The van der Waals surface area contributed by atoms with Crippen molar-refractivity contribution in [1.82, 2.24) is 10.6 Å². The lowest BCUT2D eigenvalue weighted by molar-refractivity contribution is 0.298. The number of likely N-dealkylation sites (N-methyl/N-ethyl adjacent to an activating group) is 1. The normalized spacial score (nSPS) is 13.9. The van der Waals surface area contributed by atoms with Crippen LogP contribution >= 0.6 is 0 Å². The van der Waals surface area contributed by atoms with Gasteiger partial charge in [-0.1, -0.05) is 6.08 Å². The van der Waals surface area contributed by atoms with E-state index in [1.807, 2.05) is 19.3 Å². The van der Waals surface area contributed by atoms with E-state index in [9.17, 15) is 0 Å². The summed E-state index contributed by atoms with van der Waals surface area (Å²) in [7, 11) is 1.90. The Morgan fingerprint density at radius 3 is 2.80 bits per heavy atom. The number of rotatable bonds is 5. The maximum atomic E-state index is 8.38. The van der Waals surface area contributed by atoms with Gasteiger partial charge in [-0.25, -0.2) is 0 Å². The molecular formula is C7H16N2O. The molecule has 0 aliphatic carbocycles. The van der Waals surface area contributed by atoms with Gasteiger partial charge in [0.15, 0.2) is 0 Å². The Bertz CT molecular complexity index is 93.6. The minimum atomic E-state index is 0.179. The van der Waals surface area contributed by atoms with Crippen LogP contribution in [0.25, 0.3) is 0 Å². The van der Waals surface area contributed by atoms with Crippen molar-refractivity contribution in [3.8, 4) is 0 Å². The summed E-state index contributed by atoms with van der Waals surface area (Å²) in [5.41, 5.74) is 0. The summed E-state index contributed by atoms with van der Waals surface area (Å²) < 4.78 is 0. The Morgan fingerprint density at radius 2 is 2.30 bits per heavy atom. The molecule has 60 valence electrons. The second-order valence-electron chi connectivity index (χ2n) is 2.11. The number of aliphatic hydroxyl groups is 1. The van der Waals surface area contributed by atoms with Crippen LogP contribution in [0.2, 0.25) is 0 Å². The van der Waals surface area contributed by atoms with Gasteiger partial charge in [0.25, 0.3) is 0 Å². The van der Waals surface area contributed by atoms with Crippen molar-refractivity contribution in [2.45, 2.75) is 13.0 Å². The highest BCUT2D eigenvalue weighted by molar-refractivity contribution is 4.88. The van der Waals surface area contributed by atoms with Gasteiger partial charge in [-0.2, -0.15) is 0 Å². The second kappa shape index (κ2) is 6.58. The molecule has 0 rings (SSSR count). The molecule has 0 aromatic rings. The topological polar surface area (TPSA) is 44.3 Å². The van der Waals surface area contributed by atoms with Crippen molar-refractivity contribution >= 4 is 0 Å². The Labute approximate surface area is 62.1 Å². The predicted octanol–water partition coefficient (Wildman–Crippen LogP) is -0.310. The highest BCUT2D eigenvalue weighted by Gasteiger charge is 1.86. The first kappa shape index (κ1) is 9.46. The van der Waals surface area contributed by atoms with Gasteiger partial charge < -0.3 is 15.7 Å². The SMILES string of the molecule is CNC(C)/C=C\NCCO. The number of nitrogens with one attached hydrogen (secondary N) is 2. The lowest BCUT2D eigenvalue weighted by Crippen LogP contribution is -2.19. The van der Waals surface area contributed by atoms with E-state index in [4.69, 9.17) is 5.11 Å². The Hall–Kier alpha value is -0.540. The summed E-state index contributed by atoms with van der Waals surface area (Å²) in [6.45, 7) is 2.85. The molecule has 0 aromatic heterocycles. The summed E-state index contributed by atoms with van der Waals surface area (Å²) in [5.74, 6) is 0. The van der Waals surface area contributed by atoms with Crippen LogP contribution in [0, 0.1) is 0 Å². The second-order valence-corrected chi connectivity index (χ2v) is 2.11. The lowest BCUT2D eigenvalue weighted by atomic mass is 10.3. The third-order valence-electron chi connectivity index (χ3n) is 1.21. The molecule has 1 unspecified atom stereocenters. The van der Waals surface area contributed by atoms with Gasteiger partial charge in [-0.15, -0.1) is 0 Å². The maximum absolute atomic E-state index is 8.38. The molecule has 0 radical (unpaired) electrons. The Morgan fingerprint density at radius 1 is 1.60 bits per heavy atom. The lowest BCUT2D eigenvalue weighted by Gasteiger charge is -2.02. The molecule has 0 aromatic carbocycles. The summed E-state index contributed by atoms with van der Waals surface area (Å²) in [5, 5.41) is 14.4. The van der Waals surface area contributed by atoms with E-state index in [1.54, 1.807) is 0 Å². The zero-order valence-corrected chi connectivity index (χ0v) is 6.59. The smallest absolute Gasteiger partial charge is 0.0603 e. The molecule has 0 spiro atoms. The van der Waals surface area contributed by atoms with Crippen LogP contribution in [0.1, 0.15) is 6.92 Å². The molecule has 0 saturated heterocycles. The van der Waals surface area contributed by atoms with Crippen molar-refractivity contribution in [3.05, 3.63) is 12.3 Å². The molecule has 0 bridgehead atoms. The van der Waals surface area contributed by atoms with Gasteiger partial charge in [0.1, 0.15) is 0 Å². The molecule has 0 aliphatic rings. The summed E-state index contributed by atoms with van der Waals surface area (Å²) >= 11 is 0. The molecule has 0 heterocycles. The average Bonchev–Trinajstić information content (AvgIpc) is 1.98. The van der Waals surface area contributed by atoms with E-state index in [2.05, 4.69) is 17.6 Å². The monoisotopic (exact) mass is 144 g/mol. The minimum absolute atomic E-state index is 0.179. The van der Waals surface area contributed by atoms with E-state index in [0.717, 1.165) is 0 Å². The number of aliphatic hydroxyl groups excluding tert-OH is 1. The van der Waals surface area contributed by atoms with Crippen molar-refractivity contribution in [2.75, 3.05) is 20.2 Å². The van der Waals surface area contributed by atoms with Gasteiger partial charge in [0.05, 0.1) is 6.61 Å². The zero-order valence-electron chi connectivity index (χ0n) is 6.59. The van der Waals surface area contributed by atoms with Crippen molar-refractivity contribution in [3.63, 3.8) is 0 Å². The molecule has 0 aliphatic heterocycles. The Balaban J connectivity index is 3.18. The minimum Gasteiger partial charge on any atom is -0.395 e. The van der Waals surface area contributed by atoms with Crippen LogP contribution in [-0.4, -0.2) is 31.3 Å². The van der Waals surface area contributed by atoms with Crippen molar-refractivity contribution in [1.29, 1.82) is 0 Å². The molecular weight excluding hydrogens is 128 g/mol. The van der Waals surface area contributed by atoms with Crippen LogP contribution in [-0.2, 0) is 0 Å². The summed E-state index contributed by atoms with van der Waals surface area (Å²) in [6, 6.07) is 0.381. The van der Waals surface area contributed by atoms with Gasteiger partial charge in [-0.05, 0) is 20.2 Å². The predicted molar refractivity (Wildman–Crippen MR) is 42.8 cm³/mol.